The molecular weight excluding hydrogens is 592 g/mol. The number of amides is 1. The van der Waals surface area contributed by atoms with E-state index in [9.17, 15) is 4.79 Å². The van der Waals surface area contributed by atoms with Gasteiger partial charge in [0.05, 0.1) is 0 Å². The Balaban J connectivity index is 1.32. The first-order valence-corrected chi connectivity index (χ1v) is 20.4. The summed E-state index contributed by atoms with van der Waals surface area (Å²) in [6.07, 6.45) is 20.3. The number of hydrogen-bond donors (Lipinski definition) is 3. The molecule has 1 amide bonds. The van der Waals surface area contributed by atoms with Crippen molar-refractivity contribution in [2.75, 3.05) is 26.2 Å². The highest BCUT2D eigenvalue weighted by Crippen LogP contribution is 2.67. The van der Waals surface area contributed by atoms with Crippen LogP contribution in [-0.4, -0.2) is 54.4 Å². The van der Waals surface area contributed by atoms with Crippen LogP contribution in [0.25, 0.3) is 0 Å². The first kappa shape index (κ1) is 39.7. The third-order valence-corrected chi connectivity index (χ3v) is 13.8. The van der Waals surface area contributed by atoms with Gasteiger partial charge in [-0.15, -0.1) is 0 Å². The number of unbranched alkanes of at least 4 members (excludes halogenated alkanes) is 1. The fraction of sp³-hybridized carbons (Fsp3) is 0.929. The van der Waals surface area contributed by atoms with Crippen molar-refractivity contribution in [1.82, 2.24) is 10.2 Å². The van der Waals surface area contributed by atoms with Gasteiger partial charge in [-0.3, -0.25) is 0 Å². The number of carbonyl (C=O) groups excluding carboxylic acids is 1. The van der Waals surface area contributed by atoms with Crippen LogP contribution in [-0.2, 0) is 4.74 Å². The van der Waals surface area contributed by atoms with Crippen LogP contribution in [0.3, 0.4) is 0 Å². The normalized spacial score (nSPS) is 32.7. The Kier molecular flexibility index (Phi) is 13.6. The lowest BCUT2D eigenvalue weighted by atomic mass is 9.47. The Morgan fingerprint density at radius 3 is 2.33 bits per heavy atom. The molecule has 48 heavy (non-hydrogen) atoms. The monoisotopic (exact) mass is 671 g/mol. The van der Waals surface area contributed by atoms with E-state index < -0.39 is 0 Å². The molecule has 0 heterocycles. The largest absolute Gasteiger partial charge is 0.446 e. The highest BCUT2D eigenvalue weighted by atomic mass is 16.6. The molecule has 4 rings (SSSR count). The van der Waals surface area contributed by atoms with Crippen LogP contribution in [0.1, 0.15) is 159 Å². The molecule has 0 radical (unpaired) electrons. The Morgan fingerprint density at radius 1 is 0.917 bits per heavy atom. The van der Waals surface area contributed by atoms with E-state index in [0.29, 0.717) is 18.5 Å². The van der Waals surface area contributed by atoms with Crippen molar-refractivity contribution in [2.24, 2.45) is 57.8 Å². The van der Waals surface area contributed by atoms with Crippen molar-refractivity contribution in [3.8, 4) is 0 Å². The predicted molar refractivity (Wildman–Crippen MR) is 203 cm³/mol. The van der Waals surface area contributed by atoms with Crippen molar-refractivity contribution in [2.45, 2.75) is 176 Å². The van der Waals surface area contributed by atoms with E-state index in [-0.39, 0.29) is 28.7 Å². The molecule has 4 aliphatic carbocycles. The van der Waals surface area contributed by atoms with E-state index in [1.54, 1.807) is 5.57 Å². The second-order valence-electron chi connectivity index (χ2n) is 19.5. The molecule has 0 aliphatic heterocycles. The maximum atomic E-state index is 13.6. The molecule has 0 aromatic rings. The molecule has 6 heteroatoms. The third-order valence-electron chi connectivity index (χ3n) is 13.8. The number of nitrogens with zero attached hydrogens (tertiary/aromatic N) is 1. The molecule has 8 atom stereocenters. The summed E-state index contributed by atoms with van der Waals surface area (Å²) in [4.78, 5) is 15.6. The van der Waals surface area contributed by atoms with Crippen LogP contribution >= 0.6 is 0 Å². The molecule has 4 aliphatic rings. The van der Waals surface area contributed by atoms with Gasteiger partial charge in [-0.1, -0.05) is 65.5 Å². The second kappa shape index (κ2) is 16.5. The highest BCUT2D eigenvalue weighted by Gasteiger charge is 2.59. The third kappa shape index (κ3) is 10.2. The summed E-state index contributed by atoms with van der Waals surface area (Å²) in [6, 6.07) is 0. The molecule has 6 nitrogen and oxygen atoms in total. The lowest BCUT2D eigenvalue weighted by Crippen LogP contribution is -2.51. The molecule has 7 unspecified atom stereocenters. The van der Waals surface area contributed by atoms with Crippen LogP contribution in [0.15, 0.2) is 11.6 Å². The quantitative estimate of drug-likeness (QED) is 0.106. The molecule has 0 aromatic heterocycles. The van der Waals surface area contributed by atoms with Gasteiger partial charge in [0, 0.05) is 30.6 Å². The van der Waals surface area contributed by atoms with Gasteiger partial charge in [0.2, 0.25) is 0 Å². The molecule has 5 N–H and O–H groups in total. The second-order valence-corrected chi connectivity index (χ2v) is 19.5. The van der Waals surface area contributed by atoms with Crippen molar-refractivity contribution in [3.05, 3.63) is 11.6 Å². The number of ether oxygens (including phenoxy) is 1. The SMILES string of the molecule is CC(C)CCC[C@@H](C)C1CCC2C3CC=C4CC(OC(=O)N(CCCCNCCC(C)(C)N)CCC(C)(C)N)CCC4(C)C3CCC21C. The molecule has 0 aromatic carbocycles. The number of rotatable bonds is 17. The Morgan fingerprint density at radius 2 is 1.65 bits per heavy atom. The number of nitrogens with one attached hydrogen (secondary N) is 1. The van der Waals surface area contributed by atoms with E-state index in [0.717, 1.165) is 93.5 Å². The number of fused-ring (bicyclic) bond motifs is 5. The van der Waals surface area contributed by atoms with Gasteiger partial charge >= 0.3 is 6.09 Å². The lowest BCUT2D eigenvalue weighted by molar-refractivity contribution is -0.0593. The summed E-state index contributed by atoms with van der Waals surface area (Å²) in [5, 5.41) is 3.51. The summed E-state index contributed by atoms with van der Waals surface area (Å²) in [6.45, 7) is 24.0. The Bertz CT molecular complexity index is 1060. The van der Waals surface area contributed by atoms with Crippen LogP contribution in [0.4, 0.5) is 4.79 Å². The maximum absolute atomic E-state index is 13.6. The van der Waals surface area contributed by atoms with E-state index in [2.05, 4.69) is 59.9 Å². The summed E-state index contributed by atoms with van der Waals surface area (Å²) in [5.41, 5.74) is 14.4. The molecule has 3 saturated carbocycles. The van der Waals surface area contributed by atoms with Gasteiger partial charge in [-0.05, 0) is 158 Å². The fourth-order valence-corrected chi connectivity index (χ4v) is 10.8. The van der Waals surface area contributed by atoms with Crippen molar-refractivity contribution in [1.29, 1.82) is 0 Å². The van der Waals surface area contributed by atoms with Gasteiger partial charge < -0.3 is 26.4 Å². The van der Waals surface area contributed by atoms with Gasteiger partial charge in [0.1, 0.15) is 6.10 Å². The fourth-order valence-electron chi connectivity index (χ4n) is 10.8. The number of allylic oxidation sites excluding steroid dienone is 1. The van der Waals surface area contributed by atoms with Crippen LogP contribution in [0, 0.1) is 46.3 Å². The number of hydrogen-bond acceptors (Lipinski definition) is 5. The number of nitrogens with two attached hydrogens (primary N) is 2. The Hall–Kier alpha value is -1.11. The smallest absolute Gasteiger partial charge is 0.410 e. The van der Waals surface area contributed by atoms with Crippen LogP contribution < -0.4 is 16.8 Å². The lowest BCUT2D eigenvalue weighted by Gasteiger charge is -2.58. The zero-order chi connectivity index (χ0) is 35.3. The van der Waals surface area contributed by atoms with E-state index in [1.807, 2.05) is 18.7 Å². The summed E-state index contributed by atoms with van der Waals surface area (Å²) in [5.74, 6) is 5.07. The van der Waals surface area contributed by atoms with Crippen molar-refractivity contribution < 1.29 is 9.53 Å². The Labute approximate surface area is 296 Å². The van der Waals surface area contributed by atoms with Gasteiger partial charge in [-0.25, -0.2) is 4.79 Å². The van der Waals surface area contributed by atoms with E-state index in [1.165, 1.54) is 51.4 Å². The molecular formula is C42H78N4O2. The topological polar surface area (TPSA) is 93.6 Å². The zero-order valence-electron chi connectivity index (χ0n) is 33.0. The molecule has 0 bridgehead atoms. The summed E-state index contributed by atoms with van der Waals surface area (Å²) < 4.78 is 6.33. The highest BCUT2D eigenvalue weighted by molar-refractivity contribution is 5.68. The first-order chi connectivity index (χ1) is 22.4. The average Bonchev–Trinajstić information content (AvgIpc) is 3.34. The first-order valence-electron chi connectivity index (χ1n) is 20.4. The molecule has 0 spiro atoms. The van der Waals surface area contributed by atoms with Crippen LogP contribution in [0.5, 0.6) is 0 Å². The van der Waals surface area contributed by atoms with Gasteiger partial charge in [0.25, 0.3) is 0 Å². The van der Waals surface area contributed by atoms with Crippen molar-refractivity contribution in [3.63, 3.8) is 0 Å². The molecule has 0 saturated heterocycles. The van der Waals surface area contributed by atoms with E-state index in [4.69, 9.17) is 16.2 Å². The minimum Gasteiger partial charge on any atom is -0.446 e. The minimum atomic E-state index is -0.313. The van der Waals surface area contributed by atoms with E-state index >= 15 is 0 Å². The predicted octanol–water partition coefficient (Wildman–Crippen LogP) is 9.46. The zero-order valence-corrected chi connectivity index (χ0v) is 33.0. The van der Waals surface area contributed by atoms with Gasteiger partial charge in [-0.2, -0.15) is 0 Å². The average molecular weight is 671 g/mol. The molecule has 278 valence electrons. The minimum absolute atomic E-state index is 0.0144. The van der Waals surface area contributed by atoms with Crippen molar-refractivity contribution >= 4 is 6.09 Å². The molecule has 3 fully saturated rings. The van der Waals surface area contributed by atoms with Crippen LogP contribution in [0.2, 0.25) is 0 Å². The maximum Gasteiger partial charge on any atom is 0.410 e. The summed E-state index contributed by atoms with van der Waals surface area (Å²) in [7, 11) is 0. The number of carbonyl (C=O) groups is 1. The van der Waals surface area contributed by atoms with Gasteiger partial charge in [0.15, 0.2) is 0 Å². The summed E-state index contributed by atoms with van der Waals surface area (Å²) >= 11 is 0. The standard InChI is InChI=1S/C42H78N4O2/c1-30(2)13-12-14-31(3)35-17-18-36-34-16-15-32-29-33(19-21-41(32,8)37(34)20-22-42(35,36)9)48-38(47)46(28-24-40(6,7)44)27-11-10-25-45-26-23-39(4,5)43/h15,30-31,33-37,45H,10-14,16-29,43-44H2,1-9H3/t31-,33?,34?,35?,36?,37?,41?,42?/m1/s1.